The molecule has 2 heterocycles. The van der Waals surface area contributed by atoms with E-state index in [4.69, 9.17) is 4.74 Å². The second kappa shape index (κ2) is 4.74. The molecule has 1 saturated heterocycles. The van der Waals surface area contributed by atoms with Crippen LogP contribution in [0.15, 0.2) is 41.6 Å². The van der Waals surface area contributed by atoms with Crippen molar-refractivity contribution in [2.45, 2.75) is 44.4 Å². The summed E-state index contributed by atoms with van der Waals surface area (Å²) in [5.41, 5.74) is 3.64. The van der Waals surface area contributed by atoms with Crippen molar-refractivity contribution in [2.75, 3.05) is 6.61 Å². The predicted molar refractivity (Wildman–Crippen MR) is 75.9 cm³/mol. The number of nitrogens with zero attached hydrogens (tertiary/aromatic N) is 1. The second-order valence-electron chi connectivity index (χ2n) is 5.86. The third-order valence-corrected chi connectivity index (χ3v) is 4.73. The average Bonchev–Trinajstić information content (AvgIpc) is 2.93. The molecule has 0 radical (unpaired) electrons. The maximum atomic E-state index is 12.1. The van der Waals surface area contributed by atoms with Gasteiger partial charge in [-0.1, -0.05) is 30.3 Å². The number of ether oxygens (including phenoxy) is 1. The van der Waals surface area contributed by atoms with E-state index >= 15 is 0 Å². The molecule has 3 heteroatoms. The van der Waals surface area contributed by atoms with Gasteiger partial charge in [0.15, 0.2) is 5.78 Å². The molecule has 0 unspecified atom stereocenters. The molecule has 0 bridgehead atoms. The number of allylic oxidation sites excluding steroid dienone is 2. The Labute approximate surface area is 119 Å². The van der Waals surface area contributed by atoms with Crippen molar-refractivity contribution in [3.63, 3.8) is 0 Å². The summed E-state index contributed by atoms with van der Waals surface area (Å²) in [7, 11) is 0. The van der Waals surface area contributed by atoms with Crippen molar-refractivity contribution < 1.29 is 9.53 Å². The summed E-state index contributed by atoms with van der Waals surface area (Å²) in [6, 6.07) is 10.8. The van der Waals surface area contributed by atoms with Crippen LogP contribution in [0.3, 0.4) is 0 Å². The van der Waals surface area contributed by atoms with Gasteiger partial charge in [0.1, 0.15) is 6.23 Å². The van der Waals surface area contributed by atoms with Crippen molar-refractivity contribution in [2.24, 2.45) is 0 Å². The molecule has 1 aromatic rings. The van der Waals surface area contributed by atoms with E-state index in [1.54, 1.807) is 0 Å². The molecule has 0 spiro atoms. The number of hydrogen-bond acceptors (Lipinski definition) is 3. The van der Waals surface area contributed by atoms with Crippen molar-refractivity contribution in [1.82, 2.24) is 4.90 Å². The van der Waals surface area contributed by atoms with Gasteiger partial charge in [-0.05, 0) is 31.2 Å². The zero-order valence-corrected chi connectivity index (χ0v) is 11.5. The molecule has 3 nitrogen and oxygen atoms in total. The molecule has 1 aliphatic carbocycles. The first-order chi connectivity index (χ1) is 9.84. The summed E-state index contributed by atoms with van der Waals surface area (Å²) in [5.74, 6) is 0.364. The fourth-order valence-corrected chi connectivity index (χ4v) is 3.80. The fourth-order valence-electron chi connectivity index (χ4n) is 3.80. The molecule has 104 valence electrons. The minimum atomic E-state index is 0.171. The predicted octanol–water partition coefficient (Wildman–Crippen LogP) is 3.19. The average molecular weight is 269 g/mol. The summed E-state index contributed by atoms with van der Waals surface area (Å²) < 4.78 is 5.99. The van der Waals surface area contributed by atoms with E-state index in [1.807, 2.05) is 6.07 Å². The van der Waals surface area contributed by atoms with Crippen LogP contribution in [0.2, 0.25) is 0 Å². The highest BCUT2D eigenvalue weighted by atomic mass is 16.5. The highest BCUT2D eigenvalue weighted by Gasteiger charge is 2.41. The van der Waals surface area contributed by atoms with E-state index in [0.29, 0.717) is 5.78 Å². The topological polar surface area (TPSA) is 29.5 Å². The van der Waals surface area contributed by atoms with Gasteiger partial charge in [0.25, 0.3) is 0 Å². The van der Waals surface area contributed by atoms with Gasteiger partial charge >= 0.3 is 0 Å². The van der Waals surface area contributed by atoms with Gasteiger partial charge < -0.3 is 9.64 Å². The first kappa shape index (κ1) is 12.2. The van der Waals surface area contributed by atoms with Crippen LogP contribution in [0, 0.1) is 0 Å². The molecule has 3 aliphatic rings. The Morgan fingerprint density at radius 3 is 2.80 bits per heavy atom. The standard InChI is InChI=1S/C17H19NO2/c19-16-8-4-7-14-13(16)9-10-17-18(14)15(11-20-17)12-5-2-1-3-6-12/h1-3,5-6,15,17H,4,7-11H2/t15-,17+/m1/s1. The Kier molecular flexibility index (Phi) is 2.88. The van der Waals surface area contributed by atoms with Gasteiger partial charge in [-0.25, -0.2) is 0 Å². The molecule has 0 aromatic heterocycles. The third-order valence-electron chi connectivity index (χ3n) is 4.73. The van der Waals surface area contributed by atoms with E-state index < -0.39 is 0 Å². The Balaban J connectivity index is 1.74. The minimum absolute atomic E-state index is 0.171. The maximum absolute atomic E-state index is 12.1. The third kappa shape index (κ3) is 1.80. The SMILES string of the molecule is O=C1CCCC2=C1CC[C@@H]1OC[C@H](c3ccccc3)N21. The molecule has 0 saturated carbocycles. The van der Waals surface area contributed by atoms with Crippen LogP contribution in [0.1, 0.15) is 43.7 Å². The van der Waals surface area contributed by atoms with E-state index in [9.17, 15) is 4.79 Å². The normalized spacial score (nSPS) is 29.4. The second-order valence-corrected chi connectivity index (χ2v) is 5.86. The van der Waals surface area contributed by atoms with Crippen LogP contribution in [0.4, 0.5) is 0 Å². The van der Waals surface area contributed by atoms with Crippen molar-refractivity contribution >= 4 is 5.78 Å². The maximum Gasteiger partial charge on any atom is 0.160 e. The lowest BCUT2D eigenvalue weighted by Gasteiger charge is -2.39. The highest BCUT2D eigenvalue weighted by Crippen LogP contribution is 2.44. The lowest BCUT2D eigenvalue weighted by Crippen LogP contribution is -2.38. The van der Waals surface area contributed by atoms with Gasteiger partial charge in [0.05, 0.1) is 12.6 Å². The van der Waals surface area contributed by atoms with Crippen molar-refractivity contribution in [3.8, 4) is 0 Å². The number of carbonyl (C=O) groups is 1. The van der Waals surface area contributed by atoms with Crippen LogP contribution in [0.5, 0.6) is 0 Å². The summed E-state index contributed by atoms with van der Waals surface area (Å²) >= 11 is 0. The van der Waals surface area contributed by atoms with Gasteiger partial charge in [-0.2, -0.15) is 0 Å². The molecule has 0 amide bonds. The molecular weight excluding hydrogens is 250 g/mol. The van der Waals surface area contributed by atoms with E-state index in [2.05, 4.69) is 29.2 Å². The van der Waals surface area contributed by atoms with E-state index in [1.165, 1.54) is 11.3 Å². The van der Waals surface area contributed by atoms with Crippen molar-refractivity contribution in [3.05, 3.63) is 47.2 Å². The number of rotatable bonds is 1. The minimum Gasteiger partial charge on any atom is -0.356 e. The summed E-state index contributed by atoms with van der Waals surface area (Å²) in [6.45, 7) is 0.736. The van der Waals surface area contributed by atoms with Crippen LogP contribution in [-0.2, 0) is 9.53 Å². The van der Waals surface area contributed by atoms with Gasteiger partial charge in [0, 0.05) is 17.7 Å². The first-order valence-electron chi connectivity index (χ1n) is 7.55. The first-order valence-corrected chi connectivity index (χ1v) is 7.55. The van der Waals surface area contributed by atoms with E-state index in [-0.39, 0.29) is 12.3 Å². The molecule has 2 aliphatic heterocycles. The zero-order valence-electron chi connectivity index (χ0n) is 11.5. The van der Waals surface area contributed by atoms with Crippen molar-refractivity contribution in [1.29, 1.82) is 0 Å². The highest BCUT2D eigenvalue weighted by molar-refractivity contribution is 5.97. The Bertz CT molecular complexity index is 564. The molecule has 20 heavy (non-hydrogen) atoms. The Morgan fingerprint density at radius 2 is 1.95 bits per heavy atom. The molecule has 4 rings (SSSR count). The smallest absolute Gasteiger partial charge is 0.160 e. The van der Waals surface area contributed by atoms with Crippen LogP contribution in [-0.4, -0.2) is 23.5 Å². The lowest BCUT2D eigenvalue weighted by molar-refractivity contribution is -0.117. The van der Waals surface area contributed by atoms with Gasteiger partial charge in [-0.3, -0.25) is 4.79 Å². The molecule has 0 N–H and O–H groups in total. The number of ketones is 1. The summed E-state index contributed by atoms with van der Waals surface area (Å²) in [4.78, 5) is 14.5. The van der Waals surface area contributed by atoms with Crippen LogP contribution in [0.25, 0.3) is 0 Å². The molecule has 1 aromatic carbocycles. The largest absolute Gasteiger partial charge is 0.356 e. The van der Waals surface area contributed by atoms with Crippen LogP contribution >= 0.6 is 0 Å². The summed E-state index contributed by atoms with van der Waals surface area (Å²) in [5, 5.41) is 0. The fraction of sp³-hybridized carbons (Fsp3) is 0.471. The number of benzene rings is 1. The number of hydrogen-bond donors (Lipinski definition) is 0. The Hall–Kier alpha value is -1.61. The number of fused-ring (bicyclic) bond motifs is 2. The number of Topliss-reactive ketones (excluding diaryl/α,β-unsaturated/α-hetero) is 1. The monoisotopic (exact) mass is 269 g/mol. The lowest BCUT2D eigenvalue weighted by atomic mass is 9.87. The van der Waals surface area contributed by atoms with E-state index in [0.717, 1.165) is 44.3 Å². The van der Waals surface area contributed by atoms with Crippen LogP contribution < -0.4 is 0 Å². The zero-order chi connectivity index (χ0) is 13.5. The van der Waals surface area contributed by atoms with Gasteiger partial charge in [-0.15, -0.1) is 0 Å². The number of carbonyl (C=O) groups excluding carboxylic acids is 1. The molecule has 2 atom stereocenters. The summed E-state index contributed by atoms with van der Waals surface area (Å²) in [6.07, 6.45) is 4.77. The van der Waals surface area contributed by atoms with Gasteiger partial charge in [0.2, 0.25) is 0 Å². The molecular formula is C17H19NO2. The Morgan fingerprint density at radius 1 is 1.10 bits per heavy atom. The molecule has 1 fully saturated rings. The quantitative estimate of drug-likeness (QED) is 0.784.